The molecule has 4 nitrogen and oxygen atoms in total. The van der Waals surface area contributed by atoms with Crippen molar-refractivity contribution in [3.8, 4) is 0 Å². The molecule has 0 fully saturated rings. The zero-order chi connectivity index (χ0) is 12.1. The molecule has 0 spiro atoms. The summed E-state index contributed by atoms with van der Waals surface area (Å²) in [5.41, 5.74) is 1.04. The van der Waals surface area contributed by atoms with E-state index in [4.69, 9.17) is 5.11 Å². The third-order valence-electron chi connectivity index (χ3n) is 2.39. The Morgan fingerprint density at radius 3 is 2.62 bits per heavy atom. The van der Waals surface area contributed by atoms with Crippen molar-refractivity contribution in [1.29, 1.82) is 0 Å². The second-order valence-electron chi connectivity index (χ2n) is 3.74. The summed E-state index contributed by atoms with van der Waals surface area (Å²) in [6, 6.07) is 3.22. The number of nitrogens with zero attached hydrogens (tertiary/aromatic N) is 2. The van der Waals surface area contributed by atoms with Crippen molar-refractivity contribution in [2.75, 3.05) is 18.0 Å². The van der Waals surface area contributed by atoms with Crippen LogP contribution in [0.2, 0.25) is 0 Å². The van der Waals surface area contributed by atoms with Gasteiger partial charge in [-0.1, -0.05) is 6.92 Å². The first-order valence-corrected chi connectivity index (χ1v) is 5.55. The first-order valence-electron chi connectivity index (χ1n) is 5.55. The van der Waals surface area contributed by atoms with Crippen LogP contribution < -0.4 is 4.90 Å². The van der Waals surface area contributed by atoms with Crippen LogP contribution in [0.5, 0.6) is 0 Å². The van der Waals surface area contributed by atoms with Crippen molar-refractivity contribution in [3.63, 3.8) is 0 Å². The highest BCUT2D eigenvalue weighted by Gasteiger charge is 2.10. The monoisotopic (exact) mass is 222 g/mol. The minimum atomic E-state index is -0.903. The fraction of sp³-hybridized carbons (Fsp3) is 0.500. The molecule has 1 N–H and O–H groups in total. The van der Waals surface area contributed by atoms with E-state index < -0.39 is 5.97 Å². The van der Waals surface area contributed by atoms with Crippen LogP contribution in [-0.4, -0.2) is 29.1 Å². The molecule has 0 bridgehead atoms. The van der Waals surface area contributed by atoms with Gasteiger partial charge in [0, 0.05) is 18.8 Å². The van der Waals surface area contributed by atoms with Crippen LogP contribution in [0.25, 0.3) is 0 Å². The molecule has 88 valence electrons. The molecule has 0 unspecified atom stereocenters. The molecule has 0 aliphatic carbocycles. The van der Waals surface area contributed by atoms with Gasteiger partial charge in [-0.05, 0) is 32.4 Å². The van der Waals surface area contributed by atoms with Crippen molar-refractivity contribution in [1.82, 2.24) is 4.98 Å². The van der Waals surface area contributed by atoms with E-state index >= 15 is 0 Å². The van der Waals surface area contributed by atoms with Gasteiger partial charge < -0.3 is 10.0 Å². The third-order valence-corrected chi connectivity index (χ3v) is 2.39. The Bertz CT molecular complexity index is 377. The SMILES string of the molecule is CCCN(CC)c1cc(C(=O)O)cc(C)n1. The van der Waals surface area contributed by atoms with E-state index in [0.29, 0.717) is 5.56 Å². The van der Waals surface area contributed by atoms with E-state index in [2.05, 4.69) is 16.8 Å². The lowest BCUT2D eigenvalue weighted by molar-refractivity contribution is 0.0696. The Labute approximate surface area is 95.9 Å². The number of carbonyl (C=O) groups is 1. The molecule has 0 amide bonds. The van der Waals surface area contributed by atoms with Crippen molar-refractivity contribution in [2.24, 2.45) is 0 Å². The Morgan fingerprint density at radius 2 is 2.12 bits per heavy atom. The van der Waals surface area contributed by atoms with Gasteiger partial charge >= 0.3 is 5.97 Å². The Hall–Kier alpha value is -1.58. The molecule has 0 saturated heterocycles. The summed E-state index contributed by atoms with van der Waals surface area (Å²) >= 11 is 0. The molecule has 1 heterocycles. The largest absolute Gasteiger partial charge is 0.478 e. The van der Waals surface area contributed by atoms with Gasteiger partial charge in [0.25, 0.3) is 0 Å². The summed E-state index contributed by atoms with van der Waals surface area (Å²) in [7, 11) is 0. The lowest BCUT2D eigenvalue weighted by Gasteiger charge is -2.21. The lowest BCUT2D eigenvalue weighted by atomic mass is 10.2. The Morgan fingerprint density at radius 1 is 1.44 bits per heavy atom. The molecule has 0 aliphatic heterocycles. The standard InChI is InChI=1S/C12H18N2O2/c1-4-6-14(5-2)11-8-10(12(15)16)7-9(3)13-11/h7-8H,4-6H2,1-3H3,(H,15,16). The Balaban J connectivity index is 3.07. The molecule has 0 radical (unpaired) electrons. The number of aryl methyl sites for hydroxylation is 1. The van der Waals surface area contributed by atoms with Crippen molar-refractivity contribution >= 4 is 11.8 Å². The van der Waals surface area contributed by atoms with Gasteiger partial charge in [0.05, 0.1) is 5.56 Å². The van der Waals surface area contributed by atoms with Gasteiger partial charge in [-0.2, -0.15) is 0 Å². The maximum absolute atomic E-state index is 10.9. The van der Waals surface area contributed by atoms with Gasteiger partial charge in [-0.3, -0.25) is 0 Å². The van der Waals surface area contributed by atoms with E-state index in [0.717, 1.165) is 31.0 Å². The Kier molecular flexibility index (Phi) is 4.28. The average molecular weight is 222 g/mol. The van der Waals surface area contributed by atoms with E-state index in [1.165, 1.54) is 0 Å². The highest BCUT2D eigenvalue weighted by Crippen LogP contribution is 2.15. The molecule has 1 aromatic heterocycles. The minimum absolute atomic E-state index is 0.303. The maximum atomic E-state index is 10.9. The zero-order valence-corrected chi connectivity index (χ0v) is 10.0. The fourth-order valence-corrected chi connectivity index (χ4v) is 1.64. The molecule has 0 aliphatic rings. The van der Waals surface area contributed by atoms with Crippen LogP contribution in [0.3, 0.4) is 0 Å². The predicted octanol–water partition coefficient (Wildman–Crippen LogP) is 2.32. The van der Waals surface area contributed by atoms with E-state index in [9.17, 15) is 4.79 Å². The zero-order valence-electron chi connectivity index (χ0n) is 10.0. The first-order chi connectivity index (χ1) is 7.58. The van der Waals surface area contributed by atoms with Crippen molar-refractivity contribution in [3.05, 3.63) is 23.4 Å². The van der Waals surface area contributed by atoms with Gasteiger partial charge in [0.2, 0.25) is 0 Å². The highest BCUT2D eigenvalue weighted by molar-refractivity contribution is 5.88. The second-order valence-corrected chi connectivity index (χ2v) is 3.74. The molecular weight excluding hydrogens is 204 g/mol. The van der Waals surface area contributed by atoms with Crippen molar-refractivity contribution in [2.45, 2.75) is 27.2 Å². The normalized spacial score (nSPS) is 10.2. The molecule has 1 rings (SSSR count). The number of aromatic carboxylic acids is 1. The fourth-order valence-electron chi connectivity index (χ4n) is 1.64. The summed E-state index contributed by atoms with van der Waals surface area (Å²) in [5.74, 6) is -0.152. The summed E-state index contributed by atoms with van der Waals surface area (Å²) in [6.45, 7) is 7.68. The molecule has 1 aromatic rings. The van der Waals surface area contributed by atoms with Crippen LogP contribution >= 0.6 is 0 Å². The number of rotatable bonds is 5. The van der Waals surface area contributed by atoms with E-state index in [1.54, 1.807) is 12.1 Å². The molecular formula is C12H18N2O2. The van der Waals surface area contributed by atoms with E-state index in [1.807, 2.05) is 13.8 Å². The number of carboxylic acid groups (broad SMARTS) is 1. The molecule has 16 heavy (non-hydrogen) atoms. The summed E-state index contributed by atoms with van der Waals surface area (Å²) in [4.78, 5) is 17.4. The van der Waals surface area contributed by atoms with Crippen molar-refractivity contribution < 1.29 is 9.90 Å². The van der Waals surface area contributed by atoms with Crippen LogP contribution in [-0.2, 0) is 0 Å². The number of carboxylic acids is 1. The first kappa shape index (κ1) is 12.5. The number of anilines is 1. The average Bonchev–Trinajstić information content (AvgIpc) is 2.24. The molecule has 0 aromatic carbocycles. The van der Waals surface area contributed by atoms with Gasteiger partial charge in [-0.25, -0.2) is 9.78 Å². The number of pyridine rings is 1. The van der Waals surface area contributed by atoms with E-state index in [-0.39, 0.29) is 0 Å². The summed E-state index contributed by atoms with van der Waals surface area (Å²) in [6.07, 6.45) is 1.02. The molecule has 0 saturated carbocycles. The number of hydrogen-bond donors (Lipinski definition) is 1. The van der Waals surface area contributed by atoms with Crippen LogP contribution in [0, 0.1) is 6.92 Å². The quantitative estimate of drug-likeness (QED) is 0.830. The van der Waals surface area contributed by atoms with Crippen LogP contribution in [0.15, 0.2) is 12.1 Å². The van der Waals surface area contributed by atoms with Gasteiger partial charge in [0.1, 0.15) is 5.82 Å². The number of aromatic nitrogens is 1. The smallest absolute Gasteiger partial charge is 0.335 e. The predicted molar refractivity (Wildman–Crippen MR) is 64.1 cm³/mol. The molecule has 0 atom stereocenters. The highest BCUT2D eigenvalue weighted by atomic mass is 16.4. The van der Waals surface area contributed by atoms with Crippen LogP contribution in [0.4, 0.5) is 5.82 Å². The minimum Gasteiger partial charge on any atom is -0.478 e. The summed E-state index contributed by atoms with van der Waals surface area (Å²) in [5, 5.41) is 8.97. The maximum Gasteiger partial charge on any atom is 0.335 e. The molecule has 4 heteroatoms. The lowest BCUT2D eigenvalue weighted by Crippen LogP contribution is -2.25. The number of hydrogen-bond acceptors (Lipinski definition) is 3. The third kappa shape index (κ3) is 2.95. The second kappa shape index (κ2) is 5.49. The van der Waals surface area contributed by atoms with Gasteiger partial charge in [-0.15, -0.1) is 0 Å². The topological polar surface area (TPSA) is 53.4 Å². The summed E-state index contributed by atoms with van der Waals surface area (Å²) < 4.78 is 0. The van der Waals surface area contributed by atoms with Gasteiger partial charge in [0.15, 0.2) is 0 Å². The van der Waals surface area contributed by atoms with Crippen LogP contribution in [0.1, 0.15) is 36.3 Å².